The number of hydrogen-bond donors (Lipinski definition) is 1. The Hall–Kier alpha value is -3.08. The van der Waals surface area contributed by atoms with E-state index in [9.17, 15) is 28.8 Å². The molecule has 0 aliphatic heterocycles. The van der Waals surface area contributed by atoms with Crippen molar-refractivity contribution in [3.05, 3.63) is 75.2 Å². The Labute approximate surface area is 166 Å². The zero-order chi connectivity index (χ0) is 20.4. The first-order chi connectivity index (χ1) is 13.3. The van der Waals surface area contributed by atoms with Gasteiger partial charge in [0.2, 0.25) is 0 Å². The Morgan fingerprint density at radius 1 is 1.14 bits per heavy atom. The lowest BCUT2D eigenvalue weighted by molar-refractivity contribution is -0.384. The molecule has 3 rings (SSSR count). The maximum absolute atomic E-state index is 12.0. The Morgan fingerprint density at radius 3 is 2.46 bits per heavy atom. The number of benzene rings is 2. The van der Waals surface area contributed by atoms with E-state index < -0.39 is 22.2 Å². The van der Waals surface area contributed by atoms with E-state index in [2.05, 4.69) is 0 Å². The summed E-state index contributed by atoms with van der Waals surface area (Å²) in [6, 6.07) is 13.8. The number of carboxylic acids is 1. The zero-order valence-electron chi connectivity index (χ0n) is 14.4. The van der Waals surface area contributed by atoms with Gasteiger partial charge in [-0.15, -0.1) is 11.3 Å². The van der Waals surface area contributed by atoms with Crippen LogP contribution in [0, 0.1) is 17.0 Å². The van der Waals surface area contributed by atoms with Crippen LogP contribution in [-0.4, -0.2) is 24.8 Å². The summed E-state index contributed by atoms with van der Waals surface area (Å²) < 4.78 is 24.8. The average molecular weight is 417 g/mol. The lowest BCUT2D eigenvalue weighted by Gasteiger charge is -2.27. The number of rotatable bonds is 6. The van der Waals surface area contributed by atoms with Crippen LogP contribution in [-0.2, 0) is 11.3 Å². The molecule has 8 nitrogen and oxygen atoms in total. The van der Waals surface area contributed by atoms with Crippen molar-refractivity contribution in [2.24, 2.45) is 0 Å². The predicted octanol–water partition coefficient (Wildman–Crippen LogP) is 4.26. The molecular formula is C18H13N2O6S2-. The van der Waals surface area contributed by atoms with Crippen molar-refractivity contribution >= 4 is 45.6 Å². The van der Waals surface area contributed by atoms with Crippen LogP contribution in [0.2, 0.25) is 0 Å². The minimum atomic E-state index is -2.78. The average Bonchev–Trinajstić information content (AvgIpc) is 3.08. The van der Waals surface area contributed by atoms with Crippen LogP contribution in [0.3, 0.4) is 0 Å². The SMILES string of the molecule is Cc1ccccc1N(c1cc(-c2cccc([N+](=O)[O-])c2)sc1C(=O)O)S(=O)[O-]. The van der Waals surface area contributed by atoms with E-state index in [0.717, 1.165) is 15.6 Å². The molecule has 0 saturated carbocycles. The number of aryl methyl sites for hydroxylation is 1. The Balaban J connectivity index is 2.19. The third-order valence-corrected chi connectivity index (χ3v) is 5.80. The first kappa shape index (κ1) is 19.7. The molecule has 3 aromatic rings. The number of nitro benzene ring substituents is 1. The van der Waals surface area contributed by atoms with Crippen LogP contribution in [0.4, 0.5) is 17.1 Å². The van der Waals surface area contributed by atoms with Crippen LogP contribution in [0.5, 0.6) is 0 Å². The Bertz CT molecular complexity index is 1100. The molecule has 0 radical (unpaired) electrons. The lowest BCUT2D eigenvalue weighted by Crippen LogP contribution is -2.21. The van der Waals surface area contributed by atoms with Crippen molar-refractivity contribution in [2.45, 2.75) is 6.92 Å². The van der Waals surface area contributed by atoms with Crippen molar-refractivity contribution in [2.75, 3.05) is 4.31 Å². The number of para-hydroxylation sites is 1. The van der Waals surface area contributed by atoms with Crippen LogP contribution in [0.15, 0.2) is 54.6 Å². The molecule has 1 N–H and O–H groups in total. The van der Waals surface area contributed by atoms with Gasteiger partial charge in [-0.1, -0.05) is 30.3 Å². The smallest absolute Gasteiger partial charge is 0.348 e. The molecule has 0 amide bonds. The number of nitro groups is 1. The lowest BCUT2D eigenvalue weighted by atomic mass is 10.1. The molecule has 1 atom stereocenters. The molecule has 0 aliphatic carbocycles. The van der Waals surface area contributed by atoms with Gasteiger partial charge in [0.15, 0.2) is 0 Å². The third-order valence-electron chi connectivity index (χ3n) is 3.95. The number of carbonyl (C=O) groups is 1. The molecule has 0 aliphatic rings. The van der Waals surface area contributed by atoms with Gasteiger partial charge in [-0.25, -0.2) is 4.79 Å². The van der Waals surface area contributed by atoms with E-state index in [0.29, 0.717) is 21.7 Å². The highest BCUT2D eigenvalue weighted by Gasteiger charge is 2.24. The number of thiophene rings is 1. The molecule has 0 fully saturated rings. The summed E-state index contributed by atoms with van der Waals surface area (Å²) in [7, 11) is 0. The largest absolute Gasteiger partial charge is 0.755 e. The zero-order valence-corrected chi connectivity index (χ0v) is 16.0. The first-order valence-electron chi connectivity index (χ1n) is 7.86. The standard InChI is InChI=1S/C18H14N2O6S2/c1-11-5-2-3-8-14(11)19(28(25)26)15-10-16(27-17(15)18(21)22)12-6-4-7-13(9-12)20(23)24/h2-10H,1H3,(H,21,22)(H,25,26)/p-1. The van der Waals surface area contributed by atoms with E-state index >= 15 is 0 Å². The highest BCUT2D eigenvalue weighted by molar-refractivity contribution is 7.81. The highest BCUT2D eigenvalue weighted by Crippen LogP contribution is 2.41. The third kappa shape index (κ3) is 3.79. The molecule has 1 aromatic heterocycles. The Kier molecular flexibility index (Phi) is 5.54. The van der Waals surface area contributed by atoms with Crippen molar-refractivity contribution < 1.29 is 23.6 Å². The fourth-order valence-electron chi connectivity index (χ4n) is 2.68. The second-order valence-corrected chi connectivity index (χ2v) is 7.59. The van der Waals surface area contributed by atoms with Gasteiger partial charge in [0, 0.05) is 17.0 Å². The Morgan fingerprint density at radius 2 is 1.86 bits per heavy atom. The number of aromatic carboxylic acids is 1. The molecule has 144 valence electrons. The van der Waals surface area contributed by atoms with Crippen molar-refractivity contribution in [1.82, 2.24) is 0 Å². The van der Waals surface area contributed by atoms with Crippen molar-refractivity contribution in [3.8, 4) is 10.4 Å². The molecule has 1 unspecified atom stereocenters. The minimum absolute atomic E-state index is 0.0263. The van der Waals surface area contributed by atoms with Gasteiger partial charge in [-0.05, 0) is 30.2 Å². The summed E-state index contributed by atoms with van der Waals surface area (Å²) in [5.74, 6) is -1.29. The normalized spacial score (nSPS) is 11.8. The van der Waals surface area contributed by atoms with Crippen LogP contribution >= 0.6 is 11.3 Å². The van der Waals surface area contributed by atoms with Crippen molar-refractivity contribution in [1.29, 1.82) is 0 Å². The van der Waals surface area contributed by atoms with Crippen LogP contribution in [0.25, 0.3) is 10.4 Å². The molecule has 10 heteroatoms. The van der Waals surface area contributed by atoms with Gasteiger partial charge in [0.25, 0.3) is 5.69 Å². The summed E-state index contributed by atoms with van der Waals surface area (Å²) in [4.78, 5) is 22.4. The topological polar surface area (TPSA) is 124 Å². The molecular weight excluding hydrogens is 404 g/mol. The fourth-order valence-corrected chi connectivity index (χ4v) is 4.39. The number of hydrogen-bond acceptors (Lipinski definition) is 6. The highest BCUT2D eigenvalue weighted by atomic mass is 32.2. The van der Waals surface area contributed by atoms with Gasteiger partial charge >= 0.3 is 5.97 Å². The van der Waals surface area contributed by atoms with Crippen LogP contribution < -0.4 is 4.31 Å². The summed E-state index contributed by atoms with van der Waals surface area (Å²) in [6.45, 7) is 1.71. The molecule has 28 heavy (non-hydrogen) atoms. The van der Waals surface area contributed by atoms with E-state index in [1.54, 1.807) is 37.3 Å². The number of nitrogens with zero attached hydrogens (tertiary/aromatic N) is 2. The fraction of sp³-hybridized carbons (Fsp3) is 0.0556. The van der Waals surface area contributed by atoms with Crippen molar-refractivity contribution in [3.63, 3.8) is 0 Å². The second kappa shape index (κ2) is 7.89. The van der Waals surface area contributed by atoms with E-state index in [-0.39, 0.29) is 16.3 Å². The van der Waals surface area contributed by atoms with E-state index in [4.69, 9.17) is 0 Å². The molecule has 0 saturated heterocycles. The number of carboxylic acid groups (broad SMARTS) is 1. The molecule has 1 heterocycles. The van der Waals surface area contributed by atoms with Gasteiger partial charge in [-0.2, -0.15) is 0 Å². The van der Waals surface area contributed by atoms with Gasteiger partial charge < -0.3 is 9.66 Å². The quantitative estimate of drug-likeness (QED) is 0.363. The summed E-state index contributed by atoms with van der Waals surface area (Å²) in [6.07, 6.45) is 0. The summed E-state index contributed by atoms with van der Waals surface area (Å²) >= 11 is -1.93. The molecule has 0 spiro atoms. The van der Waals surface area contributed by atoms with E-state index in [1.807, 2.05) is 0 Å². The van der Waals surface area contributed by atoms with Gasteiger partial charge in [-0.3, -0.25) is 18.6 Å². The van der Waals surface area contributed by atoms with E-state index in [1.165, 1.54) is 24.3 Å². The monoisotopic (exact) mass is 417 g/mol. The predicted molar refractivity (Wildman–Crippen MR) is 106 cm³/mol. The second-order valence-electron chi connectivity index (χ2n) is 5.74. The number of anilines is 2. The molecule has 2 aromatic carbocycles. The summed E-state index contributed by atoms with van der Waals surface area (Å²) in [5.41, 5.74) is 1.22. The maximum atomic E-state index is 12.0. The molecule has 0 bridgehead atoms. The minimum Gasteiger partial charge on any atom is -0.755 e. The van der Waals surface area contributed by atoms with Gasteiger partial charge in [0.1, 0.15) is 4.88 Å². The number of non-ortho nitro benzene ring substituents is 1. The maximum Gasteiger partial charge on any atom is 0.348 e. The van der Waals surface area contributed by atoms with Gasteiger partial charge in [0.05, 0.1) is 27.6 Å². The first-order valence-corrected chi connectivity index (χ1v) is 9.71. The van der Waals surface area contributed by atoms with Crippen LogP contribution in [0.1, 0.15) is 15.2 Å². The summed E-state index contributed by atoms with van der Waals surface area (Å²) in [5, 5.41) is 20.6.